The van der Waals surface area contributed by atoms with Gasteiger partial charge in [-0.3, -0.25) is 4.90 Å². The zero-order chi connectivity index (χ0) is 23.7. The minimum absolute atomic E-state index is 0.207. The summed E-state index contributed by atoms with van der Waals surface area (Å²) in [7, 11) is 0. The molecule has 172 valence electrons. The topological polar surface area (TPSA) is 71.3 Å². The van der Waals surface area contributed by atoms with E-state index in [1.165, 1.54) is 17.0 Å². The molecule has 1 unspecified atom stereocenters. The molecule has 6 nitrogen and oxygen atoms in total. The second kappa shape index (κ2) is 9.40. The van der Waals surface area contributed by atoms with Crippen molar-refractivity contribution in [1.29, 1.82) is 0 Å². The standard InChI is InChI=1S/C25H20ClFN4O2S/c1-15-21(24-29-23(30-33-24)16-7-9-19(27)10-8-16)22(17-4-2-5-18(26)14-17)28-25(32)31(15)12-11-20-6-3-13-34-20/h2-10,13-14,22H,11-12H2,1H3,(H,28,32). The highest BCUT2D eigenvalue weighted by molar-refractivity contribution is 7.09. The average molecular weight is 495 g/mol. The molecule has 1 atom stereocenters. The van der Waals surface area contributed by atoms with Crippen LogP contribution in [0.2, 0.25) is 5.02 Å². The molecule has 1 aliphatic rings. The summed E-state index contributed by atoms with van der Waals surface area (Å²) in [6.45, 7) is 2.38. The molecule has 0 fully saturated rings. The number of halogens is 2. The molecule has 0 saturated heterocycles. The van der Waals surface area contributed by atoms with Gasteiger partial charge in [-0.25, -0.2) is 9.18 Å². The van der Waals surface area contributed by atoms with Crippen molar-refractivity contribution < 1.29 is 13.7 Å². The Labute approximate surface area is 204 Å². The molecule has 2 aromatic carbocycles. The Hall–Kier alpha value is -3.49. The second-order valence-electron chi connectivity index (χ2n) is 7.85. The third kappa shape index (κ3) is 4.47. The Morgan fingerprint density at radius 1 is 1.18 bits per heavy atom. The summed E-state index contributed by atoms with van der Waals surface area (Å²) in [6, 6.07) is 16.5. The smallest absolute Gasteiger partial charge is 0.322 e. The van der Waals surface area contributed by atoms with Gasteiger partial charge >= 0.3 is 6.03 Å². The molecular formula is C25H20ClFN4O2S. The SMILES string of the molecule is CC1=C(c2nc(-c3ccc(F)cc3)no2)C(c2cccc(Cl)c2)NC(=O)N1CCc1cccs1. The first-order chi connectivity index (χ1) is 16.5. The van der Waals surface area contributed by atoms with Crippen molar-refractivity contribution in [3.8, 4) is 11.4 Å². The Bertz CT molecular complexity index is 1350. The number of allylic oxidation sites excluding steroid dienone is 1. The minimum atomic E-state index is -0.522. The van der Waals surface area contributed by atoms with Crippen molar-refractivity contribution in [3.05, 3.63) is 98.9 Å². The highest BCUT2D eigenvalue weighted by atomic mass is 35.5. The molecule has 1 aliphatic heterocycles. The number of aromatic nitrogens is 2. The van der Waals surface area contributed by atoms with Gasteiger partial charge in [0.05, 0.1) is 11.6 Å². The lowest BCUT2D eigenvalue weighted by Crippen LogP contribution is -2.46. The van der Waals surface area contributed by atoms with E-state index in [0.717, 1.165) is 17.7 Å². The number of carbonyl (C=O) groups excluding carboxylic acids is 1. The number of urea groups is 1. The number of rotatable bonds is 6. The van der Waals surface area contributed by atoms with E-state index in [2.05, 4.69) is 15.5 Å². The van der Waals surface area contributed by atoms with Crippen LogP contribution >= 0.6 is 22.9 Å². The normalized spacial score (nSPS) is 16.1. The summed E-state index contributed by atoms with van der Waals surface area (Å²) in [5.41, 5.74) is 2.84. The summed E-state index contributed by atoms with van der Waals surface area (Å²) in [6.07, 6.45) is 0.724. The first-order valence-corrected chi connectivity index (χ1v) is 11.9. The molecule has 34 heavy (non-hydrogen) atoms. The zero-order valence-electron chi connectivity index (χ0n) is 18.2. The van der Waals surface area contributed by atoms with Crippen molar-refractivity contribution in [2.24, 2.45) is 0 Å². The molecule has 9 heteroatoms. The van der Waals surface area contributed by atoms with Gasteiger partial charge in [0.15, 0.2) is 0 Å². The van der Waals surface area contributed by atoms with Crippen LogP contribution in [-0.2, 0) is 6.42 Å². The van der Waals surface area contributed by atoms with Crippen LogP contribution in [0.3, 0.4) is 0 Å². The second-order valence-corrected chi connectivity index (χ2v) is 9.32. The third-order valence-corrected chi connectivity index (χ3v) is 6.87. The maximum Gasteiger partial charge on any atom is 0.322 e. The maximum atomic E-state index is 13.3. The monoisotopic (exact) mass is 494 g/mol. The average Bonchev–Trinajstić information content (AvgIpc) is 3.52. The van der Waals surface area contributed by atoms with Gasteiger partial charge < -0.3 is 9.84 Å². The van der Waals surface area contributed by atoms with Gasteiger partial charge in [-0.2, -0.15) is 4.98 Å². The van der Waals surface area contributed by atoms with Gasteiger partial charge in [-0.15, -0.1) is 11.3 Å². The van der Waals surface area contributed by atoms with E-state index in [-0.39, 0.29) is 17.7 Å². The first-order valence-electron chi connectivity index (χ1n) is 10.7. The van der Waals surface area contributed by atoms with Crippen molar-refractivity contribution in [3.63, 3.8) is 0 Å². The van der Waals surface area contributed by atoms with Crippen LogP contribution in [0.1, 0.15) is 29.3 Å². The predicted molar refractivity (Wildman–Crippen MR) is 130 cm³/mol. The summed E-state index contributed by atoms with van der Waals surface area (Å²) < 4.78 is 19.0. The predicted octanol–water partition coefficient (Wildman–Crippen LogP) is 6.33. The summed E-state index contributed by atoms with van der Waals surface area (Å²) >= 11 is 7.90. The number of hydrogen-bond acceptors (Lipinski definition) is 5. The van der Waals surface area contributed by atoms with E-state index in [9.17, 15) is 9.18 Å². The molecule has 0 spiro atoms. The number of amides is 2. The molecule has 0 radical (unpaired) electrons. The fourth-order valence-electron chi connectivity index (χ4n) is 3.99. The Balaban J connectivity index is 1.56. The maximum absolute atomic E-state index is 13.3. The molecule has 0 aliphatic carbocycles. The lowest BCUT2D eigenvalue weighted by Gasteiger charge is -2.35. The van der Waals surface area contributed by atoms with E-state index >= 15 is 0 Å². The van der Waals surface area contributed by atoms with Crippen molar-refractivity contribution in [2.45, 2.75) is 19.4 Å². The van der Waals surface area contributed by atoms with Gasteiger partial charge in [0.2, 0.25) is 5.82 Å². The number of nitrogens with one attached hydrogen (secondary N) is 1. The third-order valence-electron chi connectivity index (χ3n) is 5.70. The zero-order valence-corrected chi connectivity index (χ0v) is 19.7. The van der Waals surface area contributed by atoms with Crippen molar-refractivity contribution >= 4 is 34.5 Å². The Morgan fingerprint density at radius 3 is 2.74 bits per heavy atom. The molecular weight excluding hydrogens is 475 g/mol. The molecule has 0 saturated carbocycles. The lowest BCUT2D eigenvalue weighted by atomic mass is 9.94. The van der Waals surface area contributed by atoms with Crippen molar-refractivity contribution in [1.82, 2.24) is 20.4 Å². The van der Waals surface area contributed by atoms with E-state index in [1.54, 1.807) is 40.5 Å². The van der Waals surface area contributed by atoms with E-state index < -0.39 is 6.04 Å². The lowest BCUT2D eigenvalue weighted by molar-refractivity contribution is 0.205. The fraction of sp³-hybridized carbons (Fsp3) is 0.160. The highest BCUT2D eigenvalue weighted by Gasteiger charge is 2.35. The molecule has 1 N–H and O–H groups in total. The first kappa shape index (κ1) is 22.3. The number of thiophene rings is 1. The summed E-state index contributed by atoms with van der Waals surface area (Å²) in [5.74, 6) is 0.272. The van der Waals surface area contributed by atoms with Crippen LogP contribution in [-0.4, -0.2) is 27.6 Å². The van der Waals surface area contributed by atoms with Crippen LogP contribution < -0.4 is 5.32 Å². The van der Waals surface area contributed by atoms with Crippen LogP contribution in [0.15, 0.2) is 76.3 Å². The van der Waals surface area contributed by atoms with Crippen LogP contribution in [0.5, 0.6) is 0 Å². The fourth-order valence-corrected chi connectivity index (χ4v) is 4.89. The van der Waals surface area contributed by atoms with Crippen LogP contribution in [0.25, 0.3) is 17.0 Å². The van der Waals surface area contributed by atoms with E-state index in [1.807, 2.05) is 36.6 Å². The Morgan fingerprint density at radius 2 is 2.00 bits per heavy atom. The highest BCUT2D eigenvalue weighted by Crippen LogP contribution is 2.38. The van der Waals surface area contributed by atoms with Crippen LogP contribution in [0, 0.1) is 5.82 Å². The molecule has 0 bridgehead atoms. The van der Waals surface area contributed by atoms with E-state index in [4.69, 9.17) is 16.1 Å². The number of nitrogens with zero attached hydrogens (tertiary/aromatic N) is 3. The van der Waals surface area contributed by atoms with E-state index in [0.29, 0.717) is 28.5 Å². The summed E-state index contributed by atoms with van der Waals surface area (Å²) in [5, 5.41) is 9.75. The Kier molecular flexibility index (Phi) is 6.17. The number of hydrogen-bond donors (Lipinski definition) is 1. The quantitative estimate of drug-likeness (QED) is 0.340. The minimum Gasteiger partial charge on any atom is -0.334 e. The number of carbonyl (C=O) groups is 1. The molecule has 3 heterocycles. The van der Waals surface area contributed by atoms with Gasteiger partial charge in [0.1, 0.15) is 5.82 Å². The molecule has 2 amide bonds. The van der Waals surface area contributed by atoms with Crippen molar-refractivity contribution in [2.75, 3.05) is 6.54 Å². The largest absolute Gasteiger partial charge is 0.334 e. The van der Waals surface area contributed by atoms with Gasteiger partial charge in [0, 0.05) is 27.7 Å². The molecule has 2 aromatic heterocycles. The van der Waals surface area contributed by atoms with Gasteiger partial charge in [-0.05, 0) is 66.8 Å². The molecule has 4 aromatic rings. The number of benzene rings is 2. The van der Waals surface area contributed by atoms with Gasteiger partial charge in [-0.1, -0.05) is 35.0 Å². The van der Waals surface area contributed by atoms with Crippen LogP contribution in [0.4, 0.5) is 9.18 Å². The summed E-state index contributed by atoms with van der Waals surface area (Å²) in [4.78, 5) is 20.6. The molecule has 5 rings (SSSR count). The van der Waals surface area contributed by atoms with Gasteiger partial charge in [0.25, 0.3) is 5.89 Å².